The van der Waals surface area contributed by atoms with Gasteiger partial charge in [-0.3, -0.25) is 0 Å². The summed E-state index contributed by atoms with van der Waals surface area (Å²) in [7, 11) is 0. The highest BCUT2D eigenvalue weighted by molar-refractivity contribution is 7.99. The zero-order chi connectivity index (χ0) is 12.0. The molecule has 1 atom stereocenters. The summed E-state index contributed by atoms with van der Waals surface area (Å²) in [5.74, 6) is 1.13. The predicted octanol–water partition coefficient (Wildman–Crippen LogP) is 4.64. The topological polar surface area (TPSA) is 26.0 Å². The first-order valence-electron chi connectivity index (χ1n) is 5.86. The van der Waals surface area contributed by atoms with Crippen molar-refractivity contribution in [1.82, 2.24) is 0 Å². The van der Waals surface area contributed by atoms with Gasteiger partial charge in [-0.05, 0) is 42.4 Å². The average Bonchev–Trinajstić information content (AvgIpc) is 2.27. The zero-order valence-corrected chi connectivity index (χ0v) is 11.6. The number of halogens is 1. The molecule has 3 heteroatoms. The second-order valence-corrected chi connectivity index (χ2v) is 5.50. The van der Waals surface area contributed by atoms with E-state index < -0.39 is 0 Å². The van der Waals surface area contributed by atoms with E-state index in [1.54, 1.807) is 0 Å². The summed E-state index contributed by atoms with van der Waals surface area (Å²) >= 11 is 7.90. The molecule has 16 heavy (non-hydrogen) atoms. The van der Waals surface area contributed by atoms with Gasteiger partial charge in [-0.2, -0.15) is 0 Å². The van der Waals surface area contributed by atoms with Gasteiger partial charge in [-0.25, -0.2) is 0 Å². The number of hydrogen-bond donors (Lipinski definition) is 1. The summed E-state index contributed by atoms with van der Waals surface area (Å²) in [6.07, 6.45) is 3.29. The van der Waals surface area contributed by atoms with Crippen LogP contribution in [0.1, 0.15) is 44.7 Å². The Morgan fingerprint density at radius 1 is 1.31 bits per heavy atom. The number of rotatable bonds is 6. The fraction of sp³-hybridized carbons (Fsp3) is 0.538. The SMILES string of the molecule is CCCSc1ccc(Cl)cc1C(N)CCC. The second-order valence-electron chi connectivity index (χ2n) is 3.93. The fourth-order valence-electron chi connectivity index (χ4n) is 1.62. The Balaban J connectivity index is 2.88. The van der Waals surface area contributed by atoms with Crippen molar-refractivity contribution in [3.8, 4) is 0 Å². The molecule has 1 unspecified atom stereocenters. The molecule has 0 aliphatic carbocycles. The van der Waals surface area contributed by atoms with Crippen molar-refractivity contribution in [2.75, 3.05) is 5.75 Å². The lowest BCUT2D eigenvalue weighted by Crippen LogP contribution is -2.11. The van der Waals surface area contributed by atoms with Crippen LogP contribution in [-0.4, -0.2) is 5.75 Å². The van der Waals surface area contributed by atoms with Crippen molar-refractivity contribution < 1.29 is 0 Å². The third-order valence-electron chi connectivity index (χ3n) is 2.43. The van der Waals surface area contributed by atoms with Gasteiger partial charge in [0.1, 0.15) is 0 Å². The maximum atomic E-state index is 6.17. The van der Waals surface area contributed by atoms with Crippen LogP contribution in [0.4, 0.5) is 0 Å². The van der Waals surface area contributed by atoms with Crippen molar-refractivity contribution in [3.63, 3.8) is 0 Å². The maximum Gasteiger partial charge on any atom is 0.0410 e. The van der Waals surface area contributed by atoms with Crippen LogP contribution in [0.15, 0.2) is 23.1 Å². The number of nitrogens with two attached hydrogens (primary N) is 1. The summed E-state index contributed by atoms with van der Waals surface area (Å²) in [5.41, 5.74) is 7.38. The van der Waals surface area contributed by atoms with Crippen LogP contribution in [0.25, 0.3) is 0 Å². The van der Waals surface area contributed by atoms with E-state index in [1.807, 2.05) is 23.9 Å². The molecule has 0 saturated heterocycles. The Labute approximate surface area is 108 Å². The molecule has 0 fully saturated rings. The lowest BCUT2D eigenvalue weighted by molar-refractivity contribution is 0.629. The molecule has 1 aromatic rings. The van der Waals surface area contributed by atoms with Gasteiger partial charge >= 0.3 is 0 Å². The normalized spacial score (nSPS) is 12.8. The quantitative estimate of drug-likeness (QED) is 0.752. The Morgan fingerprint density at radius 2 is 2.06 bits per heavy atom. The molecule has 0 bridgehead atoms. The largest absolute Gasteiger partial charge is 0.324 e. The van der Waals surface area contributed by atoms with Crippen LogP contribution < -0.4 is 5.73 Å². The zero-order valence-electron chi connectivity index (χ0n) is 10.0. The molecule has 0 heterocycles. The van der Waals surface area contributed by atoms with Gasteiger partial charge in [-0.15, -0.1) is 11.8 Å². The second kappa shape index (κ2) is 7.21. The van der Waals surface area contributed by atoms with Gasteiger partial charge < -0.3 is 5.73 Å². The third kappa shape index (κ3) is 4.00. The van der Waals surface area contributed by atoms with Crippen LogP contribution in [0.5, 0.6) is 0 Å². The minimum Gasteiger partial charge on any atom is -0.324 e. The standard InChI is InChI=1S/C13H20ClNS/c1-3-5-12(15)11-9-10(14)6-7-13(11)16-8-4-2/h6-7,9,12H,3-5,8,15H2,1-2H3. The van der Waals surface area contributed by atoms with Crippen LogP contribution in [0, 0.1) is 0 Å². The Morgan fingerprint density at radius 3 is 2.69 bits per heavy atom. The Kier molecular flexibility index (Phi) is 6.25. The fourth-order valence-corrected chi connectivity index (χ4v) is 2.76. The molecule has 0 aliphatic heterocycles. The predicted molar refractivity (Wildman–Crippen MR) is 74.3 cm³/mol. The molecular formula is C13H20ClNS. The first-order valence-corrected chi connectivity index (χ1v) is 7.23. The van der Waals surface area contributed by atoms with E-state index >= 15 is 0 Å². The van der Waals surface area contributed by atoms with Gasteiger partial charge in [-0.1, -0.05) is 31.9 Å². The van der Waals surface area contributed by atoms with E-state index in [1.165, 1.54) is 16.9 Å². The molecule has 1 aromatic carbocycles. The van der Waals surface area contributed by atoms with Crippen LogP contribution in [-0.2, 0) is 0 Å². The van der Waals surface area contributed by atoms with Crippen molar-refractivity contribution in [3.05, 3.63) is 28.8 Å². The lowest BCUT2D eigenvalue weighted by Gasteiger charge is -2.15. The minimum absolute atomic E-state index is 0.114. The van der Waals surface area contributed by atoms with E-state index in [2.05, 4.69) is 19.9 Å². The molecule has 90 valence electrons. The smallest absolute Gasteiger partial charge is 0.0410 e. The van der Waals surface area contributed by atoms with E-state index in [0.717, 1.165) is 23.6 Å². The van der Waals surface area contributed by atoms with Gasteiger partial charge in [0, 0.05) is 16.0 Å². The van der Waals surface area contributed by atoms with Gasteiger partial charge in [0.15, 0.2) is 0 Å². The average molecular weight is 258 g/mol. The maximum absolute atomic E-state index is 6.17. The summed E-state index contributed by atoms with van der Waals surface area (Å²) in [6, 6.07) is 6.16. The molecule has 0 radical (unpaired) electrons. The molecular weight excluding hydrogens is 238 g/mol. The Hall–Kier alpha value is -0.180. The monoisotopic (exact) mass is 257 g/mol. The molecule has 2 N–H and O–H groups in total. The highest BCUT2D eigenvalue weighted by atomic mass is 35.5. The van der Waals surface area contributed by atoms with E-state index in [-0.39, 0.29) is 6.04 Å². The summed E-state index contributed by atoms with van der Waals surface area (Å²) in [5, 5.41) is 0.780. The summed E-state index contributed by atoms with van der Waals surface area (Å²) < 4.78 is 0. The molecule has 0 amide bonds. The number of hydrogen-bond acceptors (Lipinski definition) is 2. The van der Waals surface area contributed by atoms with Crippen molar-refractivity contribution in [2.45, 2.75) is 44.0 Å². The molecule has 1 nitrogen and oxygen atoms in total. The first-order chi connectivity index (χ1) is 7.69. The minimum atomic E-state index is 0.114. The van der Waals surface area contributed by atoms with E-state index in [0.29, 0.717) is 0 Å². The van der Waals surface area contributed by atoms with Crippen LogP contribution >= 0.6 is 23.4 Å². The first kappa shape index (κ1) is 13.9. The van der Waals surface area contributed by atoms with E-state index in [9.17, 15) is 0 Å². The highest BCUT2D eigenvalue weighted by Gasteiger charge is 2.11. The van der Waals surface area contributed by atoms with Crippen molar-refractivity contribution in [2.24, 2.45) is 5.73 Å². The third-order valence-corrected chi connectivity index (χ3v) is 3.96. The molecule has 0 aromatic heterocycles. The Bertz CT molecular complexity index is 328. The molecule has 1 rings (SSSR count). The van der Waals surface area contributed by atoms with Gasteiger partial charge in [0.25, 0.3) is 0 Å². The van der Waals surface area contributed by atoms with Crippen LogP contribution in [0.2, 0.25) is 5.02 Å². The van der Waals surface area contributed by atoms with Crippen LogP contribution in [0.3, 0.4) is 0 Å². The summed E-state index contributed by atoms with van der Waals surface area (Å²) in [6.45, 7) is 4.35. The van der Waals surface area contributed by atoms with E-state index in [4.69, 9.17) is 17.3 Å². The number of benzene rings is 1. The highest BCUT2D eigenvalue weighted by Crippen LogP contribution is 2.31. The summed E-state index contributed by atoms with van der Waals surface area (Å²) in [4.78, 5) is 1.28. The molecule has 0 aliphatic rings. The van der Waals surface area contributed by atoms with Gasteiger partial charge in [0.05, 0.1) is 0 Å². The van der Waals surface area contributed by atoms with Crippen molar-refractivity contribution in [1.29, 1.82) is 0 Å². The van der Waals surface area contributed by atoms with Gasteiger partial charge in [0.2, 0.25) is 0 Å². The lowest BCUT2D eigenvalue weighted by atomic mass is 10.0. The van der Waals surface area contributed by atoms with Crippen molar-refractivity contribution >= 4 is 23.4 Å². The molecule has 0 saturated carbocycles. The number of thioether (sulfide) groups is 1. The molecule has 0 spiro atoms.